The molecule has 0 bridgehead atoms. The molecule has 0 heterocycles. The first-order valence-corrected chi connectivity index (χ1v) is 5.39. The molecule has 1 amide bonds. The summed E-state index contributed by atoms with van der Waals surface area (Å²) in [5.41, 5.74) is 0. The van der Waals surface area contributed by atoms with Crippen LogP contribution < -0.4 is 0 Å². The molecule has 1 atom stereocenters. The largest absolute Gasteiger partial charge is 0.464 e. The van der Waals surface area contributed by atoms with E-state index in [-0.39, 0.29) is 12.5 Å². The molecule has 5 heteroatoms. The monoisotopic (exact) mass is 241 g/mol. The molecule has 0 aromatic heterocycles. The lowest BCUT2D eigenvalue weighted by molar-refractivity contribution is -0.149. The van der Waals surface area contributed by atoms with Gasteiger partial charge in [-0.05, 0) is 12.8 Å². The first-order valence-electron chi connectivity index (χ1n) is 5.39. The number of carbonyl (C=O) groups excluding carboxylic acids is 2. The first kappa shape index (κ1) is 15.3. The number of esters is 1. The van der Waals surface area contributed by atoms with E-state index in [4.69, 9.17) is 15.9 Å². The van der Waals surface area contributed by atoms with Crippen molar-refractivity contribution in [3.63, 3.8) is 0 Å². The highest BCUT2D eigenvalue weighted by Crippen LogP contribution is 2.03. The molecule has 0 spiro atoms. The Kier molecular flexibility index (Phi) is 6.80. The lowest BCUT2D eigenvalue weighted by Gasteiger charge is -2.22. The lowest BCUT2D eigenvalue weighted by atomic mass is 10.2. The van der Waals surface area contributed by atoms with Crippen molar-refractivity contribution in [1.82, 2.24) is 4.90 Å². The molecule has 0 radical (unpaired) electrons. The Balaban J connectivity index is 4.19. The minimum absolute atomic E-state index is 0.114. The van der Waals surface area contributed by atoms with Crippen molar-refractivity contribution in [3.8, 4) is 12.3 Å². The third-order valence-corrected chi connectivity index (χ3v) is 2.05. The van der Waals surface area contributed by atoms with E-state index in [2.05, 4.69) is 5.92 Å². The van der Waals surface area contributed by atoms with Gasteiger partial charge in [0.15, 0.2) is 6.61 Å². The molecule has 0 aliphatic heterocycles. The zero-order valence-electron chi connectivity index (χ0n) is 10.7. The van der Waals surface area contributed by atoms with Gasteiger partial charge < -0.3 is 9.47 Å². The maximum atomic E-state index is 11.6. The SMILES string of the molecule is C#CCOC(=O)N(C)C(C)C(=O)OCC(C)C. The summed E-state index contributed by atoms with van der Waals surface area (Å²) in [5.74, 6) is 1.97. The predicted molar refractivity (Wildman–Crippen MR) is 63.2 cm³/mol. The quantitative estimate of drug-likeness (QED) is 0.537. The Morgan fingerprint density at radius 3 is 2.35 bits per heavy atom. The first-order chi connectivity index (χ1) is 7.90. The average molecular weight is 241 g/mol. The minimum atomic E-state index is -0.695. The van der Waals surface area contributed by atoms with Gasteiger partial charge in [-0.25, -0.2) is 9.59 Å². The minimum Gasteiger partial charge on any atom is -0.464 e. The number of terminal acetylenes is 1. The van der Waals surface area contributed by atoms with Gasteiger partial charge in [-0.1, -0.05) is 19.8 Å². The molecule has 0 N–H and O–H groups in total. The number of amides is 1. The zero-order valence-corrected chi connectivity index (χ0v) is 10.7. The van der Waals surface area contributed by atoms with E-state index in [0.29, 0.717) is 6.61 Å². The molecule has 0 saturated heterocycles. The highest BCUT2D eigenvalue weighted by atomic mass is 16.6. The number of carbonyl (C=O) groups is 2. The summed E-state index contributed by atoms with van der Waals surface area (Å²) in [7, 11) is 1.46. The van der Waals surface area contributed by atoms with Crippen LogP contribution >= 0.6 is 0 Å². The van der Waals surface area contributed by atoms with E-state index in [0.717, 1.165) is 4.90 Å². The second-order valence-corrected chi connectivity index (χ2v) is 4.07. The Morgan fingerprint density at radius 1 is 1.29 bits per heavy atom. The molecule has 96 valence electrons. The molecule has 0 aromatic carbocycles. The van der Waals surface area contributed by atoms with E-state index in [9.17, 15) is 9.59 Å². The number of rotatable bonds is 5. The number of hydrogen-bond donors (Lipinski definition) is 0. The van der Waals surface area contributed by atoms with Gasteiger partial charge in [0.25, 0.3) is 0 Å². The van der Waals surface area contributed by atoms with Crippen molar-refractivity contribution in [2.75, 3.05) is 20.3 Å². The molecule has 0 aromatic rings. The van der Waals surface area contributed by atoms with Crippen molar-refractivity contribution in [3.05, 3.63) is 0 Å². The van der Waals surface area contributed by atoms with E-state index in [1.807, 2.05) is 13.8 Å². The highest BCUT2D eigenvalue weighted by Gasteiger charge is 2.24. The van der Waals surface area contributed by atoms with Gasteiger partial charge in [0.05, 0.1) is 6.61 Å². The molecular weight excluding hydrogens is 222 g/mol. The Hall–Kier alpha value is -1.70. The summed E-state index contributed by atoms with van der Waals surface area (Å²) in [4.78, 5) is 24.1. The van der Waals surface area contributed by atoms with Crippen LogP contribution in [-0.2, 0) is 14.3 Å². The smallest absolute Gasteiger partial charge is 0.411 e. The third-order valence-electron chi connectivity index (χ3n) is 2.05. The van der Waals surface area contributed by atoms with Gasteiger partial charge in [-0.3, -0.25) is 4.90 Å². The summed E-state index contributed by atoms with van der Waals surface area (Å²) < 4.78 is 9.71. The second kappa shape index (κ2) is 7.55. The van der Waals surface area contributed by atoms with E-state index >= 15 is 0 Å². The van der Waals surface area contributed by atoms with Gasteiger partial charge in [0.2, 0.25) is 0 Å². The zero-order chi connectivity index (χ0) is 13.4. The molecule has 0 rings (SSSR count). The van der Waals surface area contributed by atoms with Crippen molar-refractivity contribution in [2.24, 2.45) is 5.92 Å². The Labute approximate surface area is 102 Å². The molecule has 0 fully saturated rings. The van der Waals surface area contributed by atoms with Crippen LogP contribution in [-0.4, -0.2) is 43.3 Å². The standard InChI is InChI=1S/C12H19NO4/c1-6-7-16-12(15)13(5)10(4)11(14)17-8-9(2)3/h1,9-10H,7-8H2,2-5H3. The predicted octanol–water partition coefficient (Wildman–Crippen LogP) is 1.28. The van der Waals surface area contributed by atoms with Gasteiger partial charge in [0.1, 0.15) is 6.04 Å². The third kappa shape index (κ3) is 5.81. The van der Waals surface area contributed by atoms with Crippen LogP contribution in [0.25, 0.3) is 0 Å². The average Bonchev–Trinajstić information content (AvgIpc) is 2.30. The van der Waals surface area contributed by atoms with E-state index in [1.54, 1.807) is 6.92 Å². The van der Waals surface area contributed by atoms with Gasteiger partial charge in [-0.2, -0.15) is 0 Å². The maximum absolute atomic E-state index is 11.6. The topological polar surface area (TPSA) is 55.8 Å². The van der Waals surface area contributed by atoms with Crippen LogP contribution in [0.2, 0.25) is 0 Å². The summed E-state index contributed by atoms with van der Waals surface area (Å²) in [6.45, 7) is 5.65. The van der Waals surface area contributed by atoms with Crippen LogP contribution in [0.15, 0.2) is 0 Å². The Morgan fingerprint density at radius 2 is 1.88 bits per heavy atom. The fraction of sp³-hybridized carbons (Fsp3) is 0.667. The number of likely N-dealkylation sites (N-methyl/N-ethyl adjacent to an activating group) is 1. The molecule has 5 nitrogen and oxygen atoms in total. The van der Waals surface area contributed by atoms with Crippen molar-refractivity contribution in [2.45, 2.75) is 26.8 Å². The normalized spacial score (nSPS) is 11.5. The van der Waals surface area contributed by atoms with E-state index in [1.165, 1.54) is 7.05 Å². The summed E-state index contributed by atoms with van der Waals surface area (Å²) in [5, 5.41) is 0. The van der Waals surface area contributed by atoms with Crippen LogP contribution in [0.4, 0.5) is 4.79 Å². The molecule has 0 aliphatic carbocycles. The van der Waals surface area contributed by atoms with Crippen molar-refractivity contribution in [1.29, 1.82) is 0 Å². The number of ether oxygens (including phenoxy) is 2. The van der Waals surface area contributed by atoms with Crippen LogP contribution in [0.3, 0.4) is 0 Å². The molecule has 1 unspecified atom stereocenters. The summed E-state index contributed by atoms with van der Waals surface area (Å²) in [6, 6.07) is -0.695. The van der Waals surface area contributed by atoms with Crippen molar-refractivity contribution >= 4 is 12.1 Å². The second-order valence-electron chi connectivity index (χ2n) is 4.07. The molecule has 0 aliphatic rings. The fourth-order valence-electron chi connectivity index (χ4n) is 0.891. The number of nitrogens with zero attached hydrogens (tertiary/aromatic N) is 1. The van der Waals surface area contributed by atoms with Gasteiger partial charge in [0, 0.05) is 7.05 Å². The van der Waals surface area contributed by atoms with Crippen LogP contribution in [0, 0.1) is 18.3 Å². The maximum Gasteiger partial charge on any atom is 0.411 e. The highest BCUT2D eigenvalue weighted by molar-refractivity contribution is 5.80. The van der Waals surface area contributed by atoms with Crippen molar-refractivity contribution < 1.29 is 19.1 Å². The summed E-state index contributed by atoms with van der Waals surface area (Å²) in [6.07, 6.45) is 4.31. The van der Waals surface area contributed by atoms with E-state index < -0.39 is 18.1 Å². The van der Waals surface area contributed by atoms with Crippen LogP contribution in [0.1, 0.15) is 20.8 Å². The lowest BCUT2D eigenvalue weighted by Crippen LogP contribution is -2.41. The molecule has 17 heavy (non-hydrogen) atoms. The van der Waals surface area contributed by atoms with Gasteiger partial charge in [-0.15, -0.1) is 6.42 Å². The molecule has 0 saturated carbocycles. The van der Waals surface area contributed by atoms with Crippen LogP contribution in [0.5, 0.6) is 0 Å². The fourth-order valence-corrected chi connectivity index (χ4v) is 0.891. The molecular formula is C12H19NO4. The Bertz CT molecular complexity index is 306. The van der Waals surface area contributed by atoms with Gasteiger partial charge >= 0.3 is 12.1 Å². The number of hydrogen-bond acceptors (Lipinski definition) is 4. The summed E-state index contributed by atoms with van der Waals surface area (Å²) >= 11 is 0.